The zero-order chi connectivity index (χ0) is 13.1. The normalized spacial score (nSPS) is 18.6. The number of non-ortho nitro benzene ring substituents is 1. The molecule has 2 rings (SSSR count). The third-order valence-electron chi connectivity index (χ3n) is 2.32. The predicted octanol–water partition coefficient (Wildman–Crippen LogP) is 1.52. The number of benzene rings is 1. The molecule has 0 aromatic heterocycles. The number of nitro groups is 1. The van der Waals surface area contributed by atoms with Crippen LogP contribution in [-0.2, 0) is 4.79 Å². The van der Waals surface area contributed by atoms with Crippen LogP contribution in [0.3, 0.4) is 0 Å². The topological polar surface area (TPSA) is 84.3 Å². The van der Waals surface area contributed by atoms with Gasteiger partial charge in [0.05, 0.1) is 4.92 Å². The smallest absolute Gasteiger partial charge is 0.271 e. The largest absolute Gasteiger partial charge is 0.383 e. The van der Waals surface area contributed by atoms with Crippen molar-refractivity contribution in [3.05, 3.63) is 34.4 Å². The first-order valence-electron chi connectivity index (χ1n) is 5.06. The summed E-state index contributed by atoms with van der Waals surface area (Å²) in [6.45, 7) is 0.373. The maximum Gasteiger partial charge on any atom is 0.271 e. The minimum Gasteiger partial charge on any atom is -0.383 e. The molecule has 1 aromatic carbocycles. The van der Waals surface area contributed by atoms with Crippen LogP contribution in [0.1, 0.15) is 0 Å². The van der Waals surface area contributed by atoms with Gasteiger partial charge in [-0.1, -0.05) is 30.0 Å². The number of carbonyl (C=O) groups excluding carboxylic acids is 1. The first-order chi connectivity index (χ1) is 8.56. The number of anilines is 1. The highest BCUT2D eigenvalue weighted by Gasteiger charge is 2.28. The molecule has 0 spiro atoms. The monoisotopic (exact) mass is 283 g/mol. The van der Waals surface area contributed by atoms with Crippen molar-refractivity contribution in [2.24, 2.45) is 0 Å². The summed E-state index contributed by atoms with van der Waals surface area (Å²) in [6, 6.07) is 6.14. The number of hydrogen-bond acceptors (Lipinski definition) is 6. The Balaban J connectivity index is 1.98. The number of nitro benzene ring substituents is 1. The molecule has 1 amide bonds. The molecule has 1 atom stereocenters. The van der Waals surface area contributed by atoms with Gasteiger partial charge in [-0.15, -0.1) is 0 Å². The second kappa shape index (κ2) is 5.32. The molecule has 0 saturated carbocycles. The van der Waals surface area contributed by atoms with Gasteiger partial charge < -0.3 is 10.6 Å². The Morgan fingerprint density at radius 3 is 2.94 bits per heavy atom. The van der Waals surface area contributed by atoms with Crippen molar-refractivity contribution in [1.82, 2.24) is 5.32 Å². The third kappa shape index (κ3) is 2.96. The van der Waals surface area contributed by atoms with Crippen molar-refractivity contribution in [2.75, 3.05) is 11.9 Å². The third-order valence-corrected chi connectivity index (χ3v) is 3.69. The van der Waals surface area contributed by atoms with Gasteiger partial charge in [-0.05, 0) is 6.07 Å². The van der Waals surface area contributed by atoms with E-state index in [-0.39, 0.29) is 16.8 Å². The molecular weight excluding hydrogens is 274 g/mol. The molecule has 2 N–H and O–H groups in total. The highest BCUT2D eigenvalue weighted by atomic mass is 32.2. The Hall–Kier alpha value is -1.67. The summed E-state index contributed by atoms with van der Waals surface area (Å²) in [5.41, 5.74) is 0.620. The molecule has 6 nitrogen and oxygen atoms in total. The molecule has 1 aliphatic rings. The fourth-order valence-electron chi connectivity index (χ4n) is 1.47. The van der Waals surface area contributed by atoms with Gasteiger partial charge in [0.1, 0.15) is 9.57 Å². The summed E-state index contributed by atoms with van der Waals surface area (Å²) in [5.74, 6) is -0.136. The first kappa shape index (κ1) is 12.8. The summed E-state index contributed by atoms with van der Waals surface area (Å²) in [5, 5.41) is 15.8. The number of hydrogen-bond donors (Lipinski definition) is 2. The molecule has 1 aliphatic heterocycles. The highest BCUT2D eigenvalue weighted by molar-refractivity contribution is 8.24. The van der Waals surface area contributed by atoms with Crippen LogP contribution in [0, 0.1) is 10.1 Å². The van der Waals surface area contributed by atoms with Crippen LogP contribution in [0.2, 0.25) is 0 Å². The van der Waals surface area contributed by atoms with E-state index >= 15 is 0 Å². The molecule has 0 bridgehead atoms. The first-order valence-corrected chi connectivity index (χ1v) is 6.35. The Morgan fingerprint density at radius 2 is 2.33 bits per heavy atom. The molecule has 18 heavy (non-hydrogen) atoms. The number of amides is 1. The number of nitrogens with one attached hydrogen (secondary N) is 2. The lowest BCUT2D eigenvalue weighted by atomic mass is 10.2. The average molecular weight is 283 g/mol. The van der Waals surface area contributed by atoms with Crippen LogP contribution in [-0.4, -0.2) is 26.9 Å². The molecule has 1 heterocycles. The highest BCUT2D eigenvalue weighted by Crippen LogP contribution is 2.21. The molecule has 0 aliphatic carbocycles. The Morgan fingerprint density at radius 1 is 1.56 bits per heavy atom. The standard InChI is InChI=1S/C10H9N3O3S2/c14-9-8(18-10(17)12-9)5-11-6-2-1-3-7(4-6)13(15)16/h1-4,8,11H,5H2,(H,12,14,17)/t8-/m1/s1. The summed E-state index contributed by atoms with van der Waals surface area (Å²) in [7, 11) is 0. The van der Waals surface area contributed by atoms with Crippen LogP contribution in [0.25, 0.3) is 0 Å². The Kier molecular flexibility index (Phi) is 3.78. The number of thiocarbonyl (C=S) groups is 1. The zero-order valence-corrected chi connectivity index (χ0v) is 10.7. The van der Waals surface area contributed by atoms with Gasteiger partial charge in [0.15, 0.2) is 0 Å². The van der Waals surface area contributed by atoms with E-state index in [4.69, 9.17) is 12.2 Å². The van der Waals surface area contributed by atoms with Gasteiger partial charge in [0.2, 0.25) is 5.91 Å². The zero-order valence-electron chi connectivity index (χ0n) is 9.08. The van der Waals surface area contributed by atoms with Crippen LogP contribution in [0.15, 0.2) is 24.3 Å². The molecule has 1 aromatic rings. The summed E-state index contributed by atoms with van der Waals surface area (Å²) in [4.78, 5) is 21.6. The van der Waals surface area contributed by atoms with E-state index < -0.39 is 4.92 Å². The van der Waals surface area contributed by atoms with Crippen molar-refractivity contribution < 1.29 is 9.72 Å². The van der Waals surface area contributed by atoms with E-state index in [9.17, 15) is 14.9 Å². The predicted molar refractivity (Wildman–Crippen MR) is 73.7 cm³/mol. The molecule has 0 unspecified atom stereocenters. The van der Waals surface area contributed by atoms with Crippen LogP contribution in [0.5, 0.6) is 0 Å². The second-order valence-corrected chi connectivity index (χ2v) is 5.45. The van der Waals surface area contributed by atoms with Crippen LogP contribution >= 0.6 is 24.0 Å². The average Bonchev–Trinajstić information content (AvgIpc) is 2.65. The van der Waals surface area contributed by atoms with E-state index in [0.29, 0.717) is 16.6 Å². The van der Waals surface area contributed by atoms with E-state index in [0.717, 1.165) is 0 Å². The molecule has 0 radical (unpaired) electrons. The van der Waals surface area contributed by atoms with Crippen LogP contribution in [0.4, 0.5) is 11.4 Å². The van der Waals surface area contributed by atoms with E-state index in [1.54, 1.807) is 12.1 Å². The van der Waals surface area contributed by atoms with Gasteiger partial charge in [-0.25, -0.2) is 0 Å². The fourth-order valence-corrected chi connectivity index (χ4v) is 2.67. The SMILES string of the molecule is O=C1NC(=S)S[C@@H]1CNc1cccc([N+](=O)[O-])c1. The quantitative estimate of drug-likeness (QED) is 0.495. The maximum atomic E-state index is 11.4. The van der Waals surface area contributed by atoms with Gasteiger partial charge in [-0.2, -0.15) is 0 Å². The maximum absolute atomic E-state index is 11.4. The lowest BCUT2D eigenvalue weighted by Crippen LogP contribution is -2.28. The van der Waals surface area contributed by atoms with Crippen molar-refractivity contribution in [1.29, 1.82) is 0 Å². The molecule has 8 heteroatoms. The number of rotatable bonds is 4. The van der Waals surface area contributed by atoms with Gasteiger partial charge in [0, 0.05) is 24.4 Å². The lowest BCUT2D eigenvalue weighted by molar-refractivity contribution is -0.384. The minimum absolute atomic E-state index is 0.0130. The second-order valence-electron chi connectivity index (χ2n) is 3.57. The van der Waals surface area contributed by atoms with E-state index in [2.05, 4.69) is 10.6 Å². The molecule has 94 valence electrons. The summed E-state index contributed by atoms with van der Waals surface area (Å²) >= 11 is 6.15. The number of carbonyl (C=O) groups is 1. The van der Waals surface area contributed by atoms with Gasteiger partial charge in [-0.3, -0.25) is 14.9 Å². The minimum atomic E-state index is -0.461. The fraction of sp³-hybridized carbons (Fsp3) is 0.200. The van der Waals surface area contributed by atoms with Crippen molar-refractivity contribution in [2.45, 2.75) is 5.25 Å². The number of nitrogens with zero attached hydrogens (tertiary/aromatic N) is 1. The van der Waals surface area contributed by atoms with Crippen molar-refractivity contribution in [3.8, 4) is 0 Å². The molecule has 1 saturated heterocycles. The van der Waals surface area contributed by atoms with Gasteiger partial charge >= 0.3 is 0 Å². The Bertz CT molecular complexity index is 521. The Labute approximate surface area is 112 Å². The number of thioether (sulfide) groups is 1. The van der Waals surface area contributed by atoms with E-state index in [1.807, 2.05) is 0 Å². The lowest BCUT2D eigenvalue weighted by Gasteiger charge is -2.08. The van der Waals surface area contributed by atoms with Crippen molar-refractivity contribution in [3.63, 3.8) is 0 Å². The van der Waals surface area contributed by atoms with Crippen molar-refractivity contribution >= 4 is 45.6 Å². The van der Waals surface area contributed by atoms with E-state index in [1.165, 1.54) is 23.9 Å². The summed E-state index contributed by atoms with van der Waals surface area (Å²) < 4.78 is 0.464. The summed E-state index contributed by atoms with van der Waals surface area (Å²) in [6.07, 6.45) is 0. The molecule has 1 fully saturated rings. The van der Waals surface area contributed by atoms with Gasteiger partial charge in [0.25, 0.3) is 5.69 Å². The molecular formula is C10H9N3O3S2. The van der Waals surface area contributed by atoms with Crippen LogP contribution < -0.4 is 10.6 Å².